The Balaban J connectivity index is 2.39. The number of ether oxygens (including phenoxy) is 1. The number of amides is 1. The summed E-state index contributed by atoms with van der Waals surface area (Å²) in [6.45, 7) is 10.8. The molecule has 2 atom stereocenters. The Morgan fingerprint density at radius 3 is 2.50 bits per heavy atom. The maximum absolute atomic E-state index is 12.1. The van der Waals surface area contributed by atoms with Crippen molar-refractivity contribution in [3.8, 4) is 0 Å². The van der Waals surface area contributed by atoms with Crippen LogP contribution in [0.1, 0.15) is 25.5 Å². The van der Waals surface area contributed by atoms with Crippen LogP contribution in [0.15, 0.2) is 47.5 Å². The van der Waals surface area contributed by atoms with Gasteiger partial charge in [0.15, 0.2) is 0 Å². The van der Waals surface area contributed by atoms with Crippen LogP contribution in [0.2, 0.25) is 19.6 Å². The fraction of sp³-hybridized carbons (Fsp3) is 0.474. The van der Waals surface area contributed by atoms with Gasteiger partial charge in [-0.2, -0.15) is 0 Å². The zero-order valence-corrected chi connectivity index (χ0v) is 16.1. The van der Waals surface area contributed by atoms with Gasteiger partial charge in [0.1, 0.15) is 6.61 Å². The van der Waals surface area contributed by atoms with E-state index in [1.54, 1.807) is 11.1 Å². The van der Waals surface area contributed by atoms with Crippen LogP contribution < -0.4 is 0 Å². The quantitative estimate of drug-likeness (QED) is 0.645. The molecule has 130 valence electrons. The Morgan fingerprint density at radius 1 is 1.33 bits per heavy atom. The number of carbonyl (C=O) groups excluding carboxylic acids is 1. The lowest BCUT2D eigenvalue weighted by molar-refractivity contribution is 0.164. The van der Waals surface area contributed by atoms with E-state index in [1.165, 1.54) is 0 Å². The molecule has 0 bridgehead atoms. The molecule has 2 rings (SSSR count). The van der Waals surface area contributed by atoms with E-state index in [1.807, 2.05) is 44.2 Å². The molecule has 0 aliphatic carbocycles. The van der Waals surface area contributed by atoms with Crippen molar-refractivity contribution < 1.29 is 14.6 Å². The van der Waals surface area contributed by atoms with Crippen molar-refractivity contribution in [2.24, 2.45) is 5.92 Å². The number of nitrogens with zero attached hydrogens (tertiary/aromatic N) is 1. The van der Waals surface area contributed by atoms with Gasteiger partial charge in [-0.1, -0.05) is 63.8 Å². The van der Waals surface area contributed by atoms with Gasteiger partial charge >= 0.3 is 6.09 Å². The minimum absolute atomic E-state index is 0.114. The predicted molar refractivity (Wildman–Crippen MR) is 98.2 cm³/mol. The Hall–Kier alpha value is -1.81. The van der Waals surface area contributed by atoms with Gasteiger partial charge in [0.05, 0.1) is 26.4 Å². The number of benzene rings is 1. The molecular formula is C19H27NO3Si. The largest absolute Gasteiger partial charge is 0.447 e. The molecule has 1 aliphatic rings. The third-order valence-corrected chi connectivity index (χ3v) is 6.25. The maximum atomic E-state index is 12.1. The summed E-state index contributed by atoms with van der Waals surface area (Å²) in [5, 5.41) is 11.4. The number of rotatable bonds is 5. The summed E-state index contributed by atoms with van der Waals surface area (Å²) in [5.41, 5.74) is 4.27. The van der Waals surface area contributed by atoms with Crippen LogP contribution in [0, 0.1) is 5.92 Å². The molecule has 5 heteroatoms. The van der Waals surface area contributed by atoms with E-state index < -0.39 is 14.2 Å². The van der Waals surface area contributed by atoms with E-state index in [0.717, 1.165) is 10.8 Å². The van der Waals surface area contributed by atoms with Crippen LogP contribution >= 0.6 is 0 Å². The molecule has 1 amide bonds. The summed E-state index contributed by atoms with van der Waals surface area (Å²) >= 11 is 0. The average Bonchev–Trinajstić information content (AvgIpc) is 2.88. The molecular weight excluding hydrogens is 318 g/mol. The van der Waals surface area contributed by atoms with Crippen molar-refractivity contribution >= 4 is 14.2 Å². The first-order valence-electron chi connectivity index (χ1n) is 8.37. The lowest BCUT2D eigenvalue weighted by Crippen LogP contribution is -2.34. The number of carbonyl (C=O) groups is 1. The zero-order chi connectivity index (χ0) is 17.9. The Kier molecular flexibility index (Phi) is 5.70. The van der Waals surface area contributed by atoms with Gasteiger partial charge in [-0.3, -0.25) is 4.90 Å². The number of cyclic esters (lactones) is 1. The first kappa shape index (κ1) is 18.5. The van der Waals surface area contributed by atoms with Gasteiger partial charge in [-0.15, -0.1) is 5.73 Å². The van der Waals surface area contributed by atoms with E-state index in [-0.39, 0.29) is 18.1 Å². The number of aliphatic hydroxyl groups is 1. The molecule has 1 aromatic carbocycles. The Labute approximate surface area is 145 Å². The molecule has 1 N–H and O–H groups in total. The van der Waals surface area contributed by atoms with Gasteiger partial charge in [0.25, 0.3) is 0 Å². The van der Waals surface area contributed by atoms with E-state index >= 15 is 0 Å². The normalized spacial score (nSPS) is 19.0. The minimum atomic E-state index is -1.76. The highest BCUT2D eigenvalue weighted by Crippen LogP contribution is 2.28. The van der Waals surface area contributed by atoms with E-state index in [4.69, 9.17) is 4.74 Å². The van der Waals surface area contributed by atoms with Crippen LogP contribution in [-0.2, 0) is 4.74 Å². The highest BCUT2D eigenvalue weighted by Gasteiger charge is 2.33. The van der Waals surface area contributed by atoms with Crippen LogP contribution in [0.5, 0.6) is 0 Å². The predicted octanol–water partition coefficient (Wildman–Crippen LogP) is 4.11. The zero-order valence-electron chi connectivity index (χ0n) is 15.1. The van der Waals surface area contributed by atoms with Gasteiger partial charge in [-0.25, -0.2) is 4.79 Å². The van der Waals surface area contributed by atoms with Crippen LogP contribution in [0.25, 0.3) is 0 Å². The Bertz CT molecular complexity index is 642. The number of aliphatic hydroxyl groups excluding tert-OH is 1. The third-order valence-electron chi connectivity index (χ3n) is 4.19. The molecule has 1 aliphatic heterocycles. The van der Waals surface area contributed by atoms with Crippen LogP contribution in [-0.4, -0.2) is 36.9 Å². The number of hydrogen-bond acceptors (Lipinski definition) is 3. The molecule has 1 heterocycles. The Morgan fingerprint density at radius 2 is 1.96 bits per heavy atom. The summed E-state index contributed by atoms with van der Waals surface area (Å²) in [7, 11) is -1.76. The summed E-state index contributed by atoms with van der Waals surface area (Å²) < 4.78 is 5.21. The highest BCUT2D eigenvalue weighted by atomic mass is 28.3. The molecule has 0 aromatic heterocycles. The number of hydrogen-bond donors (Lipinski definition) is 1. The molecule has 2 unspecified atom stereocenters. The second-order valence-corrected chi connectivity index (χ2v) is 12.6. The van der Waals surface area contributed by atoms with Crippen molar-refractivity contribution in [1.82, 2.24) is 4.90 Å². The van der Waals surface area contributed by atoms with Crippen LogP contribution in [0.4, 0.5) is 4.79 Å². The molecule has 24 heavy (non-hydrogen) atoms. The van der Waals surface area contributed by atoms with Gasteiger partial charge < -0.3 is 9.84 Å². The van der Waals surface area contributed by atoms with Crippen molar-refractivity contribution in [2.45, 2.75) is 45.6 Å². The fourth-order valence-corrected chi connectivity index (χ4v) is 4.44. The third kappa shape index (κ3) is 4.18. The molecule has 0 saturated carbocycles. The maximum Gasteiger partial charge on any atom is 0.415 e. The first-order chi connectivity index (χ1) is 11.2. The van der Waals surface area contributed by atoms with Crippen molar-refractivity contribution in [3.63, 3.8) is 0 Å². The average molecular weight is 346 g/mol. The first-order valence-corrected chi connectivity index (χ1v) is 11.9. The van der Waals surface area contributed by atoms with E-state index in [2.05, 4.69) is 25.4 Å². The highest BCUT2D eigenvalue weighted by molar-refractivity contribution is 6.83. The van der Waals surface area contributed by atoms with Crippen molar-refractivity contribution in [1.29, 1.82) is 0 Å². The fourth-order valence-electron chi connectivity index (χ4n) is 2.72. The van der Waals surface area contributed by atoms with E-state index in [0.29, 0.717) is 6.61 Å². The second kappa shape index (κ2) is 7.39. The summed E-state index contributed by atoms with van der Waals surface area (Å²) in [4.78, 5) is 13.7. The van der Waals surface area contributed by atoms with Crippen LogP contribution in [0.3, 0.4) is 0 Å². The molecule has 0 spiro atoms. The monoisotopic (exact) mass is 345 g/mol. The van der Waals surface area contributed by atoms with Gasteiger partial charge in [0, 0.05) is 0 Å². The molecule has 1 fully saturated rings. The molecule has 0 radical (unpaired) electrons. The lowest BCUT2D eigenvalue weighted by Gasteiger charge is -2.26. The van der Waals surface area contributed by atoms with Crippen molar-refractivity contribution in [3.05, 3.63) is 53.0 Å². The summed E-state index contributed by atoms with van der Waals surface area (Å²) in [6, 6.07) is 9.67. The molecule has 1 aromatic rings. The smallest absolute Gasteiger partial charge is 0.415 e. The molecule has 4 nitrogen and oxygen atoms in total. The SMILES string of the molecule is CC(C)C(O)C(=C=CN1C(=O)OCC1c1ccccc1)[Si](C)(C)C. The summed E-state index contributed by atoms with van der Waals surface area (Å²) in [5.74, 6) is 0.114. The second-order valence-electron chi connectivity index (χ2n) is 7.54. The summed E-state index contributed by atoms with van der Waals surface area (Å²) in [6.07, 6.45) is 0.749. The minimum Gasteiger partial charge on any atom is -0.447 e. The molecule has 1 saturated heterocycles. The lowest BCUT2D eigenvalue weighted by atomic mass is 10.1. The van der Waals surface area contributed by atoms with Gasteiger partial charge in [0.2, 0.25) is 0 Å². The van der Waals surface area contributed by atoms with E-state index in [9.17, 15) is 9.90 Å². The topological polar surface area (TPSA) is 49.8 Å². The standard InChI is InChI=1S/C19H27NO3Si/c1-14(2)18(21)17(24(3,4)5)11-12-20-16(13-23-19(20)22)15-9-7-6-8-10-15/h6-10,12,14,16,18,21H,13H2,1-5H3. The van der Waals surface area contributed by atoms with Crippen molar-refractivity contribution in [2.75, 3.05) is 6.61 Å². The van der Waals surface area contributed by atoms with Gasteiger partial charge in [-0.05, 0) is 16.7 Å².